The van der Waals surface area contributed by atoms with Crippen LogP contribution >= 0.6 is 12.2 Å². The normalized spacial score (nSPS) is 11.0. The second kappa shape index (κ2) is 8.90. The van der Waals surface area contributed by atoms with Crippen LogP contribution in [-0.4, -0.2) is 25.9 Å². The number of methoxy groups -OCH3 is 2. The number of hydrogen-bond acceptors (Lipinski definition) is 3. The van der Waals surface area contributed by atoms with Crippen molar-refractivity contribution in [3.05, 3.63) is 53.6 Å². The van der Waals surface area contributed by atoms with Crippen molar-refractivity contribution in [2.75, 3.05) is 26.1 Å². The molecule has 0 radical (unpaired) electrons. The summed E-state index contributed by atoms with van der Waals surface area (Å²) in [4.78, 5) is 0. The smallest absolute Gasteiger partial charge is 0.170 e. The Morgan fingerprint density at radius 2 is 1.77 bits per heavy atom. The molecular formula is C21H28N2O2S. The summed E-state index contributed by atoms with van der Waals surface area (Å²) in [5.74, 6) is 1.51. The Kier molecular flexibility index (Phi) is 6.86. The van der Waals surface area contributed by atoms with Crippen molar-refractivity contribution in [2.45, 2.75) is 32.6 Å². The first-order chi connectivity index (χ1) is 12.3. The molecule has 4 nitrogen and oxygen atoms in total. The number of benzene rings is 2. The third kappa shape index (κ3) is 5.36. The Bertz CT molecular complexity index is 754. The second-order valence-corrected chi connectivity index (χ2v) is 7.52. The van der Waals surface area contributed by atoms with E-state index in [9.17, 15) is 0 Å². The minimum absolute atomic E-state index is 0.107. The van der Waals surface area contributed by atoms with Crippen LogP contribution in [0.5, 0.6) is 11.5 Å². The first kappa shape index (κ1) is 20.0. The number of nitrogens with one attached hydrogen (secondary N) is 2. The summed E-state index contributed by atoms with van der Waals surface area (Å²) in [6.45, 7) is 7.30. The molecule has 0 saturated heterocycles. The van der Waals surface area contributed by atoms with Gasteiger partial charge in [-0.15, -0.1) is 0 Å². The van der Waals surface area contributed by atoms with Crippen molar-refractivity contribution in [3.63, 3.8) is 0 Å². The molecule has 0 saturated carbocycles. The van der Waals surface area contributed by atoms with Gasteiger partial charge in [-0.3, -0.25) is 0 Å². The summed E-state index contributed by atoms with van der Waals surface area (Å²) >= 11 is 5.42. The molecule has 0 unspecified atom stereocenters. The molecule has 2 rings (SSSR count). The third-order valence-corrected chi connectivity index (χ3v) is 4.40. The molecule has 0 aromatic heterocycles. The van der Waals surface area contributed by atoms with E-state index in [0.29, 0.717) is 11.7 Å². The van der Waals surface area contributed by atoms with Crippen LogP contribution in [0, 0.1) is 0 Å². The predicted molar refractivity (Wildman–Crippen MR) is 113 cm³/mol. The summed E-state index contributed by atoms with van der Waals surface area (Å²) in [5, 5.41) is 7.12. The first-order valence-electron chi connectivity index (χ1n) is 8.70. The largest absolute Gasteiger partial charge is 0.493 e. The van der Waals surface area contributed by atoms with Crippen LogP contribution in [0.1, 0.15) is 31.9 Å². The first-order valence-corrected chi connectivity index (χ1v) is 9.11. The molecule has 2 N–H and O–H groups in total. The van der Waals surface area contributed by atoms with Gasteiger partial charge in [-0.25, -0.2) is 0 Å². The highest BCUT2D eigenvalue weighted by Crippen LogP contribution is 2.30. The van der Waals surface area contributed by atoms with Crippen LogP contribution in [0.15, 0.2) is 42.5 Å². The number of rotatable bonds is 6. The van der Waals surface area contributed by atoms with Crippen LogP contribution in [0.3, 0.4) is 0 Å². The quantitative estimate of drug-likeness (QED) is 0.729. The molecule has 0 spiro atoms. The minimum Gasteiger partial charge on any atom is -0.493 e. The monoisotopic (exact) mass is 372 g/mol. The maximum atomic E-state index is 5.46. The van der Waals surface area contributed by atoms with E-state index in [1.54, 1.807) is 14.2 Å². The van der Waals surface area contributed by atoms with E-state index in [1.807, 2.05) is 30.3 Å². The topological polar surface area (TPSA) is 42.5 Å². The SMILES string of the molecule is COc1cccc(CCNC(=S)Nc2cccc(C(C)(C)C)c2)c1OC. The zero-order valence-electron chi connectivity index (χ0n) is 16.2. The van der Waals surface area contributed by atoms with E-state index in [-0.39, 0.29) is 5.41 Å². The van der Waals surface area contributed by atoms with Gasteiger partial charge in [0.2, 0.25) is 0 Å². The molecule has 2 aromatic carbocycles. The summed E-state index contributed by atoms with van der Waals surface area (Å²) in [6.07, 6.45) is 0.782. The van der Waals surface area contributed by atoms with Crippen molar-refractivity contribution >= 4 is 23.0 Å². The maximum absolute atomic E-state index is 5.46. The van der Waals surface area contributed by atoms with Gasteiger partial charge in [-0.2, -0.15) is 0 Å². The van der Waals surface area contributed by atoms with E-state index in [1.165, 1.54) is 5.56 Å². The standard InChI is InChI=1S/C21H28N2O2S/c1-21(2,3)16-9-7-10-17(14-16)23-20(26)22-13-12-15-8-6-11-18(24-4)19(15)25-5/h6-11,14H,12-13H2,1-5H3,(H2,22,23,26). The fourth-order valence-electron chi connectivity index (χ4n) is 2.70. The minimum atomic E-state index is 0.107. The molecule has 0 amide bonds. The molecule has 140 valence electrons. The van der Waals surface area contributed by atoms with Crippen molar-refractivity contribution < 1.29 is 9.47 Å². The fourth-order valence-corrected chi connectivity index (χ4v) is 2.92. The molecule has 0 aliphatic carbocycles. The van der Waals surface area contributed by atoms with E-state index in [0.717, 1.165) is 29.2 Å². The average Bonchev–Trinajstić information content (AvgIpc) is 2.60. The Morgan fingerprint density at radius 3 is 2.42 bits per heavy atom. The van der Waals surface area contributed by atoms with Crippen LogP contribution in [0.2, 0.25) is 0 Å². The Morgan fingerprint density at radius 1 is 1.04 bits per heavy atom. The van der Waals surface area contributed by atoms with Gasteiger partial charge in [0, 0.05) is 12.2 Å². The van der Waals surface area contributed by atoms with Crippen LogP contribution in [-0.2, 0) is 11.8 Å². The number of para-hydroxylation sites is 1. The Labute approximate surface area is 161 Å². The molecule has 0 aliphatic heterocycles. The second-order valence-electron chi connectivity index (χ2n) is 7.11. The van der Waals surface area contributed by atoms with Crippen LogP contribution < -0.4 is 20.1 Å². The molecular weight excluding hydrogens is 344 g/mol. The average molecular weight is 373 g/mol. The highest BCUT2D eigenvalue weighted by atomic mass is 32.1. The molecule has 26 heavy (non-hydrogen) atoms. The Hall–Kier alpha value is -2.27. The van der Waals surface area contributed by atoms with Gasteiger partial charge in [-0.1, -0.05) is 45.0 Å². The van der Waals surface area contributed by atoms with E-state index in [2.05, 4.69) is 43.5 Å². The van der Waals surface area contributed by atoms with Gasteiger partial charge in [0.25, 0.3) is 0 Å². The van der Waals surface area contributed by atoms with Gasteiger partial charge in [0.05, 0.1) is 14.2 Å². The van der Waals surface area contributed by atoms with E-state index < -0.39 is 0 Å². The van der Waals surface area contributed by atoms with Crippen molar-refractivity contribution in [1.82, 2.24) is 5.32 Å². The van der Waals surface area contributed by atoms with E-state index in [4.69, 9.17) is 21.7 Å². The number of anilines is 1. The summed E-state index contributed by atoms with van der Waals surface area (Å²) in [6, 6.07) is 14.2. The lowest BCUT2D eigenvalue weighted by Gasteiger charge is -2.20. The molecule has 5 heteroatoms. The molecule has 2 aromatic rings. The lowest BCUT2D eigenvalue weighted by molar-refractivity contribution is 0.351. The lowest BCUT2D eigenvalue weighted by Crippen LogP contribution is -2.30. The van der Waals surface area contributed by atoms with Crippen molar-refractivity contribution in [1.29, 1.82) is 0 Å². The highest BCUT2D eigenvalue weighted by Gasteiger charge is 2.14. The third-order valence-electron chi connectivity index (χ3n) is 4.15. The highest BCUT2D eigenvalue weighted by molar-refractivity contribution is 7.80. The van der Waals surface area contributed by atoms with Gasteiger partial charge in [-0.05, 0) is 53.4 Å². The van der Waals surface area contributed by atoms with Gasteiger partial charge in [0.1, 0.15) is 0 Å². The zero-order chi connectivity index (χ0) is 19.2. The number of ether oxygens (including phenoxy) is 2. The molecule has 0 atom stereocenters. The summed E-state index contributed by atoms with van der Waals surface area (Å²) in [7, 11) is 3.30. The predicted octanol–water partition coefficient (Wildman–Crippen LogP) is 4.53. The lowest BCUT2D eigenvalue weighted by atomic mass is 9.87. The molecule has 0 heterocycles. The number of thiocarbonyl (C=S) groups is 1. The van der Waals surface area contributed by atoms with Crippen LogP contribution in [0.4, 0.5) is 5.69 Å². The Balaban J connectivity index is 1.92. The molecule has 0 bridgehead atoms. The van der Waals surface area contributed by atoms with Gasteiger partial charge in [0.15, 0.2) is 16.6 Å². The van der Waals surface area contributed by atoms with E-state index >= 15 is 0 Å². The fraction of sp³-hybridized carbons (Fsp3) is 0.381. The van der Waals surface area contributed by atoms with Gasteiger partial charge >= 0.3 is 0 Å². The van der Waals surface area contributed by atoms with Gasteiger partial charge < -0.3 is 20.1 Å². The molecule has 0 aliphatic rings. The van der Waals surface area contributed by atoms with Crippen LogP contribution in [0.25, 0.3) is 0 Å². The molecule has 0 fully saturated rings. The maximum Gasteiger partial charge on any atom is 0.170 e. The zero-order valence-corrected chi connectivity index (χ0v) is 17.0. The summed E-state index contributed by atoms with van der Waals surface area (Å²) in [5.41, 5.74) is 3.45. The van der Waals surface area contributed by atoms with Crippen molar-refractivity contribution in [2.24, 2.45) is 0 Å². The van der Waals surface area contributed by atoms with Crippen molar-refractivity contribution in [3.8, 4) is 11.5 Å². The summed E-state index contributed by atoms with van der Waals surface area (Å²) < 4.78 is 10.8. The number of hydrogen-bond donors (Lipinski definition) is 2.